The molecular weight excluding hydrogens is 516 g/mol. The number of hydrogen-bond acceptors (Lipinski definition) is 0. The predicted octanol–water partition coefficient (Wildman–Crippen LogP) is 8.91. The highest BCUT2D eigenvalue weighted by atomic mass is 14.3. The molecule has 0 amide bonds. The first-order valence-electron chi connectivity index (χ1n) is 15.0. The highest BCUT2D eigenvalue weighted by molar-refractivity contribution is 5.86. The van der Waals surface area contributed by atoms with E-state index in [1.165, 1.54) is 71.0 Å². The van der Waals surface area contributed by atoms with Gasteiger partial charge in [0.05, 0.1) is 0 Å². The topological polar surface area (TPSA) is 0 Å². The van der Waals surface area contributed by atoms with Crippen molar-refractivity contribution < 1.29 is 0 Å². The van der Waals surface area contributed by atoms with Gasteiger partial charge in [-0.15, -0.1) is 0 Å². The minimum atomic E-state index is 0.175. The van der Waals surface area contributed by atoms with Gasteiger partial charge in [0.25, 0.3) is 0 Å². The normalized spacial score (nSPS) is 13.0. The Bertz CT molecular complexity index is 2190. The smallest absolute Gasteiger partial charge is 0.0217 e. The number of fused-ring (bicyclic) bond motifs is 2. The van der Waals surface area contributed by atoms with Crippen LogP contribution in [0.15, 0.2) is 170 Å². The zero-order valence-electron chi connectivity index (χ0n) is 23.8. The Kier molecular flexibility index (Phi) is 6.31. The summed E-state index contributed by atoms with van der Waals surface area (Å²) in [6.45, 7) is 0. The number of allylic oxidation sites excluding steroid dienone is 4. The summed E-state index contributed by atoms with van der Waals surface area (Å²) < 4.78 is 0. The molecule has 0 heteroatoms. The Hall–Kier alpha value is -5.46. The largest absolute Gasteiger partial charge is 0.0732 e. The van der Waals surface area contributed by atoms with Gasteiger partial charge in [-0.25, -0.2) is 0 Å². The first-order chi connectivity index (χ1) is 21.3. The molecule has 43 heavy (non-hydrogen) atoms. The van der Waals surface area contributed by atoms with Crippen LogP contribution < -0.4 is 10.4 Å². The maximum atomic E-state index is 2.45. The molecule has 0 aromatic heterocycles. The van der Waals surface area contributed by atoms with Crippen LogP contribution in [-0.2, 0) is 0 Å². The van der Waals surface area contributed by atoms with Crippen LogP contribution in [0.3, 0.4) is 0 Å². The summed E-state index contributed by atoms with van der Waals surface area (Å²) in [4.78, 5) is 0. The van der Waals surface area contributed by atoms with E-state index in [1.54, 1.807) is 0 Å². The molecule has 0 radical (unpaired) electrons. The molecule has 0 bridgehead atoms. The van der Waals surface area contributed by atoms with Crippen LogP contribution in [0.4, 0.5) is 0 Å². The van der Waals surface area contributed by atoms with Gasteiger partial charge < -0.3 is 0 Å². The van der Waals surface area contributed by atoms with Crippen LogP contribution in [-0.4, -0.2) is 0 Å². The van der Waals surface area contributed by atoms with Crippen molar-refractivity contribution in [2.24, 2.45) is 0 Å². The quantitative estimate of drug-likeness (QED) is 0.202. The van der Waals surface area contributed by atoms with E-state index in [-0.39, 0.29) is 5.92 Å². The Labute approximate surface area is 252 Å². The maximum Gasteiger partial charge on any atom is 0.0217 e. The first kappa shape index (κ1) is 25.3. The summed E-state index contributed by atoms with van der Waals surface area (Å²) in [6.07, 6.45) is 11.5. The lowest BCUT2D eigenvalue weighted by atomic mass is 9.83. The van der Waals surface area contributed by atoms with Crippen molar-refractivity contribution in [2.75, 3.05) is 0 Å². The van der Waals surface area contributed by atoms with Crippen LogP contribution in [0.25, 0.3) is 33.9 Å². The highest BCUT2D eigenvalue weighted by Gasteiger charge is 2.23. The molecule has 8 rings (SSSR count). The Morgan fingerprint density at radius 2 is 1.02 bits per heavy atom. The summed E-state index contributed by atoms with van der Waals surface area (Å²) >= 11 is 0. The van der Waals surface area contributed by atoms with E-state index in [4.69, 9.17) is 0 Å². The van der Waals surface area contributed by atoms with E-state index >= 15 is 0 Å². The third-order valence-corrected chi connectivity index (χ3v) is 8.70. The van der Waals surface area contributed by atoms with E-state index in [0.717, 1.165) is 0 Å². The van der Waals surface area contributed by atoms with Crippen LogP contribution in [0.1, 0.15) is 28.2 Å². The third-order valence-electron chi connectivity index (χ3n) is 8.70. The van der Waals surface area contributed by atoms with E-state index < -0.39 is 0 Å². The summed E-state index contributed by atoms with van der Waals surface area (Å²) in [5, 5.41) is 5.18. The van der Waals surface area contributed by atoms with Crippen molar-refractivity contribution in [1.29, 1.82) is 0 Å². The average molecular weight is 547 g/mol. The lowest BCUT2D eigenvalue weighted by Crippen LogP contribution is -2.21. The molecule has 6 aromatic carbocycles. The minimum Gasteiger partial charge on any atom is -0.0732 e. The van der Waals surface area contributed by atoms with Crippen molar-refractivity contribution in [3.63, 3.8) is 0 Å². The molecule has 0 aliphatic heterocycles. The molecule has 0 fully saturated rings. The molecule has 0 N–H and O–H groups in total. The first-order valence-corrected chi connectivity index (χ1v) is 15.0. The lowest BCUT2D eigenvalue weighted by molar-refractivity contribution is 1.07. The lowest BCUT2D eigenvalue weighted by Gasteiger charge is -2.20. The van der Waals surface area contributed by atoms with Gasteiger partial charge in [-0.1, -0.05) is 158 Å². The number of benzene rings is 6. The molecular formula is C43H30. The Morgan fingerprint density at radius 1 is 0.465 bits per heavy atom. The molecule has 2 aliphatic rings. The molecule has 0 unspecified atom stereocenters. The second-order valence-corrected chi connectivity index (χ2v) is 11.3. The highest BCUT2D eigenvalue weighted by Crippen LogP contribution is 2.33. The average Bonchev–Trinajstić information content (AvgIpc) is 3.74. The van der Waals surface area contributed by atoms with Gasteiger partial charge in [0.1, 0.15) is 0 Å². The molecule has 0 atom stereocenters. The molecule has 0 nitrogen and oxygen atoms in total. The van der Waals surface area contributed by atoms with Crippen molar-refractivity contribution in [2.45, 2.75) is 5.92 Å². The second kappa shape index (κ2) is 10.7. The summed E-state index contributed by atoms with van der Waals surface area (Å²) in [7, 11) is 0. The van der Waals surface area contributed by atoms with E-state index in [0.29, 0.717) is 0 Å². The fraction of sp³-hybridized carbons (Fsp3) is 0.0233. The van der Waals surface area contributed by atoms with Crippen LogP contribution in [0.5, 0.6) is 0 Å². The van der Waals surface area contributed by atoms with Crippen molar-refractivity contribution in [3.05, 3.63) is 213 Å². The van der Waals surface area contributed by atoms with Gasteiger partial charge in [0, 0.05) is 5.92 Å². The zero-order valence-corrected chi connectivity index (χ0v) is 23.8. The van der Waals surface area contributed by atoms with E-state index in [9.17, 15) is 0 Å². The fourth-order valence-corrected chi connectivity index (χ4v) is 6.73. The number of rotatable bonds is 5. The SMILES string of the molecule is C1=CC(c2c3c(cc(-c4ccccc4)c2=C(c2ccccc2)c2ccccc2)=c2cc(-c4ccccc4)ccc2=C3)C=C1. The van der Waals surface area contributed by atoms with Crippen molar-refractivity contribution >= 4 is 11.6 Å². The zero-order chi connectivity index (χ0) is 28.6. The third kappa shape index (κ3) is 4.49. The van der Waals surface area contributed by atoms with Crippen LogP contribution in [0.2, 0.25) is 0 Å². The van der Waals surface area contributed by atoms with Crippen LogP contribution in [0, 0.1) is 10.4 Å². The van der Waals surface area contributed by atoms with Crippen LogP contribution >= 0.6 is 0 Å². The summed E-state index contributed by atoms with van der Waals surface area (Å²) in [5.41, 5.74) is 11.4. The van der Waals surface area contributed by atoms with Gasteiger partial charge in [0.15, 0.2) is 0 Å². The number of hydrogen-bond donors (Lipinski definition) is 0. The standard InChI is InChI=1S/C43H30/c1-5-15-30(16-6-1)35-25-26-36-28-40-39(37(36)27-35)29-38(31-17-7-2-8-18-31)43(42(40)34-23-13-14-24-34)41(32-19-9-3-10-20-32)33-21-11-4-12-22-33/h1-29,34H. The fourth-order valence-electron chi connectivity index (χ4n) is 6.73. The molecule has 0 spiro atoms. The van der Waals surface area contributed by atoms with Gasteiger partial charge >= 0.3 is 0 Å². The molecule has 6 aromatic rings. The van der Waals surface area contributed by atoms with Crippen molar-refractivity contribution in [3.8, 4) is 22.3 Å². The molecule has 0 saturated heterocycles. The monoisotopic (exact) mass is 546 g/mol. The molecule has 202 valence electrons. The van der Waals surface area contributed by atoms with Gasteiger partial charge in [-0.2, -0.15) is 0 Å². The minimum absolute atomic E-state index is 0.175. The molecule has 2 aliphatic carbocycles. The molecule has 0 saturated carbocycles. The second-order valence-electron chi connectivity index (χ2n) is 11.3. The summed E-state index contributed by atoms with van der Waals surface area (Å²) in [5.74, 6) is 0.175. The summed E-state index contributed by atoms with van der Waals surface area (Å²) in [6, 6.07) is 52.8. The van der Waals surface area contributed by atoms with E-state index in [1.807, 2.05) is 0 Å². The maximum absolute atomic E-state index is 2.45. The Morgan fingerprint density at radius 3 is 1.63 bits per heavy atom. The predicted molar refractivity (Wildman–Crippen MR) is 180 cm³/mol. The molecule has 0 heterocycles. The van der Waals surface area contributed by atoms with Gasteiger partial charge in [-0.05, 0) is 89.2 Å². The van der Waals surface area contributed by atoms with Gasteiger partial charge in [0.2, 0.25) is 0 Å². The van der Waals surface area contributed by atoms with E-state index in [2.05, 4.69) is 176 Å². The van der Waals surface area contributed by atoms with Gasteiger partial charge in [-0.3, -0.25) is 0 Å². The Balaban J connectivity index is 1.60. The van der Waals surface area contributed by atoms with Crippen molar-refractivity contribution in [1.82, 2.24) is 0 Å².